The normalized spacial score (nSPS) is 11.5. The molecule has 0 bridgehead atoms. The summed E-state index contributed by atoms with van der Waals surface area (Å²) in [5.41, 5.74) is 1.07. The van der Waals surface area contributed by atoms with Crippen LogP contribution in [-0.4, -0.2) is 6.36 Å². The quantitative estimate of drug-likeness (QED) is 0.573. The first-order chi connectivity index (χ1) is 9.96. The van der Waals surface area contributed by atoms with Gasteiger partial charge >= 0.3 is 6.36 Å². The fourth-order valence-corrected chi connectivity index (χ4v) is 1.90. The minimum absolute atomic E-state index is 0.160. The fraction of sp³-hybridized carbons (Fsp3) is 0.647. The predicted molar refractivity (Wildman–Crippen MR) is 83.8 cm³/mol. The Morgan fingerprint density at radius 1 is 0.952 bits per heavy atom. The fourth-order valence-electron chi connectivity index (χ4n) is 1.90. The van der Waals surface area contributed by atoms with Crippen molar-refractivity contribution in [3.63, 3.8) is 0 Å². The van der Waals surface area contributed by atoms with Crippen molar-refractivity contribution in [3.8, 4) is 5.75 Å². The lowest BCUT2D eigenvalue weighted by molar-refractivity contribution is -0.274. The molecule has 0 spiro atoms. The zero-order valence-corrected chi connectivity index (χ0v) is 14.1. The minimum Gasteiger partial charge on any atom is -0.406 e. The molecule has 0 aliphatic carbocycles. The Kier molecular flexibility index (Phi) is 13.2. The number of halogens is 3. The number of benzene rings is 1. The van der Waals surface area contributed by atoms with Crippen LogP contribution in [0.5, 0.6) is 5.75 Å². The molecule has 0 saturated carbocycles. The third-order valence-electron chi connectivity index (χ3n) is 2.72. The molecule has 1 rings (SSSR count). The van der Waals surface area contributed by atoms with Gasteiger partial charge in [-0.25, -0.2) is 0 Å². The van der Waals surface area contributed by atoms with Gasteiger partial charge in [-0.1, -0.05) is 60.1 Å². The summed E-state index contributed by atoms with van der Waals surface area (Å²) in [6.45, 7) is 12.2. The second-order valence-electron chi connectivity index (χ2n) is 4.01. The summed E-state index contributed by atoms with van der Waals surface area (Å²) >= 11 is 0. The Morgan fingerprint density at radius 3 is 1.76 bits per heavy atom. The van der Waals surface area contributed by atoms with E-state index < -0.39 is 6.36 Å². The van der Waals surface area contributed by atoms with Crippen molar-refractivity contribution in [2.75, 3.05) is 0 Å². The maximum atomic E-state index is 12.0. The summed E-state index contributed by atoms with van der Waals surface area (Å²) in [5.74, 6) is 0.257. The van der Waals surface area contributed by atoms with E-state index in [1.807, 2.05) is 27.7 Å². The summed E-state index contributed by atoms with van der Waals surface area (Å²) in [5, 5.41) is 0. The number of rotatable bonds is 5. The Bertz CT molecular complexity index is 331. The van der Waals surface area contributed by atoms with Crippen molar-refractivity contribution >= 4 is 0 Å². The van der Waals surface area contributed by atoms with Crippen LogP contribution < -0.4 is 4.74 Å². The van der Waals surface area contributed by atoms with Crippen LogP contribution in [0.25, 0.3) is 0 Å². The average molecular weight is 306 g/mol. The average Bonchev–Trinajstić information content (AvgIpc) is 2.48. The molecule has 1 aromatic carbocycles. The summed E-state index contributed by atoms with van der Waals surface area (Å²) in [7, 11) is 0. The van der Waals surface area contributed by atoms with Gasteiger partial charge in [0.1, 0.15) is 5.75 Å². The minimum atomic E-state index is -4.62. The second-order valence-corrected chi connectivity index (χ2v) is 4.01. The van der Waals surface area contributed by atoms with E-state index >= 15 is 0 Å². The first-order valence-electron chi connectivity index (χ1n) is 7.82. The van der Waals surface area contributed by atoms with E-state index in [-0.39, 0.29) is 5.75 Å². The number of hydrogen-bond acceptors (Lipinski definition) is 1. The molecule has 0 aromatic heterocycles. The van der Waals surface area contributed by atoms with Crippen LogP contribution in [0.2, 0.25) is 0 Å². The second kappa shape index (κ2) is 12.5. The molecular formula is C17H29F3O. The third kappa shape index (κ3) is 10.2. The standard InChI is InChI=1S/C13H17F3O.2C2H6/c1-3-5-10(4-2)11-6-8-12(9-7-11)17-13(14,15)16;2*1-2/h6-10H,3-5H2,1-2H3;2*1-2H3. The van der Waals surface area contributed by atoms with Crippen molar-refractivity contribution in [2.45, 2.75) is 73.1 Å². The molecule has 1 aromatic rings. The third-order valence-corrected chi connectivity index (χ3v) is 2.72. The molecule has 0 radical (unpaired) electrons. The van der Waals surface area contributed by atoms with Gasteiger partial charge in [-0.15, -0.1) is 13.2 Å². The van der Waals surface area contributed by atoms with Crippen LogP contribution in [0.4, 0.5) is 13.2 Å². The number of hydrogen-bond donors (Lipinski definition) is 0. The van der Waals surface area contributed by atoms with Crippen LogP contribution in [0.3, 0.4) is 0 Å². The van der Waals surface area contributed by atoms with Gasteiger partial charge in [0.15, 0.2) is 0 Å². The Labute approximate surface area is 127 Å². The molecule has 1 nitrogen and oxygen atoms in total. The first-order valence-corrected chi connectivity index (χ1v) is 7.82. The van der Waals surface area contributed by atoms with Crippen LogP contribution in [0.15, 0.2) is 24.3 Å². The van der Waals surface area contributed by atoms with E-state index in [2.05, 4.69) is 18.6 Å². The van der Waals surface area contributed by atoms with E-state index in [0.29, 0.717) is 5.92 Å². The maximum absolute atomic E-state index is 12.0. The molecular weight excluding hydrogens is 277 g/mol. The van der Waals surface area contributed by atoms with Gasteiger partial charge in [-0.05, 0) is 36.5 Å². The highest BCUT2D eigenvalue weighted by atomic mass is 19.4. The van der Waals surface area contributed by atoms with Gasteiger partial charge in [0.25, 0.3) is 0 Å². The Balaban J connectivity index is 0. The summed E-state index contributed by atoms with van der Waals surface area (Å²) in [4.78, 5) is 0. The van der Waals surface area contributed by atoms with E-state index in [0.717, 1.165) is 24.8 Å². The van der Waals surface area contributed by atoms with Gasteiger partial charge in [0.05, 0.1) is 0 Å². The summed E-state index contributed by atoms with van der Waals surface area (Å²) in [6, 6.07) is 6.18. The van der Waals surface area contributed by atoms with Gasteiger partial charge in [0, 0.05) is 0 Å². The highest BCUT2D eigenvalue weighted by Gasteiger charge is 2.31. The largest absolute Gasteiger partial charge is 0.573 e. The zero-order chi connectivity index (χ0) is 16.9. The molecule has 0 aliphatic rings. The van der Waals surface area contributed by atoms with Crippen molar-refractivity contribution < 1.29 is 17.9 Å². The molecule has 21 heavy (non-hydrogen) atoms. The smallest absolute Gasteiger partial charge is 0.406 e. The monoisotopic (exact) mass is 306 g/mol. The van der Waals surface area contributed by atoms with Crippen LogP contribution >= 0.6 is 0 Å². The molecule has 124 valence electrons. The predicted octanol–water partition coefficient (Wildman–Crippen LogP) is 6.93. The van der Waals surface area contributed by atoms with E-state index in [9.17, 15) is 13.2 Å². The van der Waals surface area contributed by atoms with Crippen molar-refractivity contribution in [3.05, 3.63) is 29.8 Å². The SMILES string of the molecule is CC.CC.CCCC(CC)c1ccc(OC(F)(F)F)cc1. The highest BCUT2D eigenvalue weighted by Crippen LogP contribution is 2.28. The lowest BCUT2D eigenvalue weighted by atomic mass is 9.92. The van der Waals surface area contributed by atoms with E-state index in [1.165, 1.54) is 12.1 Å². The van der Waals surface area contributed by atoms with E-state index in [1.54, 1.807) is 12.1 Å². The van der Waals surface area contributed by atoms with Crippen LogP contribution in [0.1, 0.15) is 72.3 Å². The highest BCUT2D eigenvalue weighted by molar-refractivity contribution is 5.29. The Morgan fingerprint density at radius 2 is 1.43 bits per heavy atom. The lowest BCUT2D eigenvalue weighted by Gasteiger charge is -2.15. The van der Waals surface area contributed by atoms with Crippen molar-refractivity contribution in [1.82, 2.24) is 0 Å². The van der Waals surface area contributed by atoms with Crippen LogP contribution in [0, 0.1) is 0 Å². The summed E-state index contributed by atoms with van der Waals surface area (Å²) < 4.78 is 39.7. The van der Waals surface area contributed by atoms with Crippen molar-refractivity contribution in [2.24, 2.45) is 0 Å². The van der Waals surface area contributed by atoms with Crippen molar-refractivity contribution in [1.29, 1.82) is 0 Å². The van der Waals surface area contributed by atoms with Gasteiger partial charge in [-0.2, -0.15) is 0 Å². The molecule has 0 saturated heterocycles. The molecule has 4 heteroatoms. The van der Waals surface area contributed by atoms with Gasteiger partial charge in [-0.3, -0.25) is 0 Å². The topological polar surface area (TPSA) is 9.23 Å². The molecule has 0 amide bonds. The first kappa shape index (κ1) is 22.1. The van der Waals surface area contributed by atoms with Gasteiger partial charge < -0.3 is 4.74 Å². The number of ether oxygens (including phenoxy) is 1. The molecule has 0 heterocycles. The summed E-state index contributed by atoms with van der Waals surface area (Å²) in [6.07, 6.45) is -1.50. The van der Waals surface area contributed by atoms with Gasteiger partial charge in [0.2, 0.25) is 0 Å². The van der Waals surface area contributed by atoms with E-state index in [4.69, 9.17) is 0 Å². The molecule has 1 atom stereocenters. The lowest BCUT2D eigenvalue weighted by Crippen LogP contribution is -2.17. The number of alkyl halides is 3. The molecule has 0 aliphatic heterocycles. The molecule has 0 N–H and O–H groups in total. The maximum Gasteiger partial charge on any atom is 0.573 e. The van der Waals surface area contributed by atoms with Crippen LogP contribution in [-0.2, 0) is 0 Å². The zero-order valence-electron chi connectivity index (χ0n) is 14.1. The molecule has 0 fully saturated rings. The molecule has 1 unspecified atom stereocenters. The Hall–Kier alpha value is -1.19.